The summed E-state index contributed by atoms with van der Waals surface area (Å²) in [6.07, 6.45) is 6.55. The van der Waals surface area contributed by atoms with E-state index < -0.39 is 0 Å². The zero-order valence-electron chi connectivity index (χ0n) is 13.3. The smallest absolute Gasteiger partial charge is 0.0907 e. The van der Waals surface area contributed by atoms with E-state index in [1.165, 1.54) is 0 Å². The van der Waals surface area contributed by atoms with Gasteiger partial charge in [-0.05, 0) is 78.0 Å². The Morgan fingerprint density at radius 1 is 1.21 bits per heavy atom. The summed E-state index contributed by atoms with van der Waals surface area (Å²) < 4.78 is 0. The number of aryl methyl sites for hydroxylation is 1. The van der Waals surface area contributed by atoms with Crippen LogP contribution in [0, 0.1) is 60.3 Å². The van der Waals surface area contributed by atoms with Gasteiger partial charge in [-0.1, -0.05) is 5.92 Å². The average Bonchev–Trinajstić information content (AvgIpc) is 2.56. The Kier molecular flexibility index (Phi) is 10.5. The molecule has 3 N–H and O–H groups in total. The molecule has 0 saturated carbocycles. The minimum Gasteiger partial charge on any atom is -0.399 e. The molecule has 120 valence electrons. The molecule has 0 saturated heterocycles. The molecule has 0 unspecified atom stereocenters. The van der Waals surface area contributed by atoms with Crippen LogP contribution < -0.4 is 5.73 Å². The van der Waals surface area contributed by atoms with Gasteiger partial charge in [0.25, 0.3) is 0 Å². The lowest BCUT2D eigenvalue weighted by atomic mass is 10.2. The molecule has 24 heavy (non-hydrogen) atoms. The van der Waals surface area contributed by atoms with Gasteiger partial charge in [0, 0.05) is 14.7 Å². The van der Waals surface area contributed by atoms with Gasteiger partial charge in [0.15, 0.2) is 0 Å². The van der Waals surface area contributed by atoms with Crippen molar-refractivity contribution >= 4 is 16.7 Å². The lowest BCUT2D eigenvalue weighted by Crippen LogP contribution is -1.89. The number of rotatable bonds is 0. The zero-order valence-corrected chi connectivity index (χ0v) is 13.3. The molecule has 0 aliphatic carbocycles. The molecule has 0 fully saturated rings. The topological polar surface area (TPSA) is 112 Å². The van der Waals surface area contributed by atoms with Gasteiger partial charge >= 0.3 is 0 Å². The van der Waals surface area contributed by atoms with Crippen molar-refractivity contribution in [1.29, 1.82) is 5.53 Å². The molecule has 0 atom stereocenters. The van der Waals surface area contributed by atoms with Crippen LogP contribution in [-0.2, 0) is 0 Å². The third-order valence-electron chi connectivity index (χ3n) is 2.13. The van der Waals surface area contributed by atoms with Crippen LogP contribution in [0.15, 0.2) is 24.4 Å². The van der Waals surface area contributed by atoms with Crippen molar-refractivity contribution in [2.45, 2.75) is 13.8 Å². The Morgan fingerprint density at radius 2 is 1.83 bits per heavy atom. The summed E-state index contributed by atoms with van der Waals surface area (Å²) >= 11 is 0. The second-order valence-electron chi connectivity index (χ2n) is 3.88. The van der Waals surface area contributed by atoms with Gasteiger partial charge in [0.2, 0.25) is 0 Å². The van der Waals surface area contributed by atoms with Crippen molar-refractivity contribution in [3.05, 3.63) is 40.5 Å². The summed E-state index contributed by atoms with van der Waals surface area (Å²) in [5.41, 5.74) is 21.2. The quantitative estimate of drug-likeness (QED) is 0.255. The Morgan fingerprint density at radius 3 is 2.46 bits per heavy atom. The summed E-state index contributed by atoms with van der Waals surface area (Å²) in [6, 6.07) is 5.53. The van der Waals surface area contributed by atoms with Crippen LogP contribution in [-0.4, -0.2) is 9.97 Å². The summed E-state index contributed by atoms with van der Waals surface area (Å²) in [5, 5.41) is 0. The van der Waals surface area contributed by atoms with Gasteiger partial charge in [-0.15, -0.1) is 12.0 Å². The van der Waals surface area contributed by atoms with Crippen LogP contribution in [0.5, 0.6) is 0 Å². The number of nitrogens with one attached hydrogen (secondary N) is 1. The fourth-order valence-corrected chi connectivity index (χ4v) is 1.31. The van der Waals surface area contributed by atoms with E-state index in [4.69, 9.17) is 23.2 Å². The van der Waals surface area contributed by atoms with Crippen molar-refractivity contribution in [2.75, 3.05) is 5.73 Å². The number of hydrogen-bond donors (Lipinski definition) is 2. The molecule has 0 spiro atoms. The molecule has 0 radical (unpaired) electrons. The minimum atomic E-state index is 0. The number of nitrogen functional groups attached to an aromatic ring is 1. The predicted octanol–water partition coefficient (Wildman–Crippen LogP) is 3.54. The van der Waals surface area contributed by atoms with Crippen LogP contribution in [0.4, 0.5) is 5.69 Å². The molecule has 1 aromatic carbocycles. The Balaban J connectivity index is -0.000000342. The third kappa shape index (κ3) is 8.96. The SMILES string of the molecule is C#CC#CC#CC#CC.Cc1cnc2cc(N)ccc2n1.[HH].[HH].[N-]=[N+]=N. The molecular formula is C18H18N6. The first-order chi connectivity index (χ1) is 11.6. The number of anilines is 1. The van der Waals surface area contributed by atoms with E-state index >= 15 is 0 Å². The van der Waals surface area contributed by atoms with Crippen molar-refractivity contribution in [1.82, 2.24) is 9.97 Å². The number of nitrogens with zero attached hydrogens (tertiary/aromatic N) is 4. The molecule has 0 bridgehead atoms. The van der Waals surface area contributed by atoms with Gasteiger partial charge < -0.3 is 5.73 Å². The third-order valence-corrected chi connectivity index (χ3v) is 2.13. The molecule has 1 aromatic heterocycles. The number of benzene rings is 1. The van der Waals surface area contributed by atoms with Crippen molar-refractivity contribution in [3.63, 3.8) is 0 Å². The van der Waals surface area contributed by atoms with Gasteiger partial charge in [-0.3, -0.25) is 4.98 Å². The van der Waals surface area contributed by atoms with Gasteiger partial charge in [0.05, 0.1) is 16.7 Å². The van der Waals surface area contributed by atoms with Crippen molar-refractivity contribution < 1.29 is 2.85 Å². The summed E-state index contributed by atoms with van der Waals surface area (Å²) in [6.45, 7) is 3.63. The predicted molar refractivity (Wildman–Crippen MR) is 100 cm³/mol. The fraction of sp³-hybridized carbons (Fsp3) is 0.111. The largest absolute Gasteiger partial charge is 0.399 e. The molecule has 6 nitrogen and oxygen atoms in total. The van der Waals surface area contributed by atoms with E-state index in [1.807, 2.05) is 25.1 Å². The summed E-state index contributed by atoms with van der Waals surface area (Å²) in [4.78, 5) is 10.2. The van der Waals surface area contributed by atoms with E-state index in [0.717, 1.165) is 22.4 Å². The van der Waals surface area contributed by atoms with Gasteiger partial charge in [-0.2, -0.15) is 0 Å². The molecule has 0 aliphatic rings. The second kappa shape index (κ2) is 12.6. The molecule has 0 aliphatic heterocycles. The molecule has 6 heteroatoms. The van der Waals surface area contributed by atoms with Gasteiger partial charge in [-0.25, -0.2) is 4.98 Å². The lowest BCUT2D eigenvalue weighted by Gasteiger charge is -1.98. The fourth-order valence-electron chi connectivity index (χ4n) is 1.31. The highest BCUT2D eigenvalue weighted by Gasteiger charge is 1.95. The first-order valence-corrected chi connectivity index (χ1v) is 6.46. The van der Waals surface area contributed by atoms with Crippen molar-refractivity contribution in [3.8, 4) is 47.9 Å². The molecule has 1 heterocycles. The Hall–Kier alpha value is -4.09. The number of hydrogen-bond acceptors (Lipinski definition) is 4. The van der Waals surface area contributed by atoms with E-state index in [9.17, 15) is 0 Å². The first kappa shape index (κ1) is 19.9. The Bertz CT molecular complexity index is 913. The number of fused-ring (bicyclic) bond motifs is 1. The molecular weight excluding hydrogens is 300 g/mol. The molecule has 2 aromatic rings. The highest BCUT2D eigenvalue weighted by atomic mass is 15.0. The lowest BCUT2D eigenvalue weighted by molar-refractivity contribution is 1.19. The zero-order chi connectivity index (χ0) is 18.2. The number of nitrogens with two attached hydrogens (primary N) is 1. The average molecular weight is 318 g/mol. The van der Waals surface area contributed by atoms with Gasteiger partial charge in [0.1, 0.15) is 0 Å². The molecule has 0 amide bonds. The van der Waals surface area contributed by atoms with E-state index in [2.05, 4.69) is 51.4 Å². The Labute approximate surface area is 143 Å². The monoisotopic (exact) mass is 318 g/mol. The van der Waals surface area contributed by atoms with E-state index in [1.54, 1.807) is 18.0 Å². The van der Waals surface area contributed by atoms with E-state index in [0.29, 0.717) is 0 Å². The first-order valence-electron chi connectivity index (χ1n) is 6.46. The minimum absolute atomic E-state index is 0. The highest BCUT2D eigenvalue weighted by Crippen LogP contribution is 2.12. The van der Waals surface area contributed by atoms with Crippen LogP contribution in [0.3, 0.4) is 0 Å². The van der Waals surface area contributed by atoms with Crippen molar-refractivity contribution in [2.24, 2.45) is 0 Å². The van der Waals surface area contributed by atoms with Crippen LogP contribution in [0.1, 0.15) is 15.5 Å². The number of terminal acetylenes is 1. The maximum atomic E-state index is 6.86. The van der Waals surface area contributed by atoms with Crippen LogP contribution in [0.2, 0.25) is 0 Å². The summed E-state index contributed by atoms with van der Waals surface area (Å²) in [7, 11) is 0. The van der Waals surface area contributed by atoms with Crippen LogP contribution >= 0.6 is 0 Å². The normalized spacial score (nSPS) is 6.88. The maximum absolute atomic E-state index is 6.86. The highest BCUT2D eigenvalue weighted by molar-refractivity contribution is 5.77. The summed E-state index contributed by atoms with van der Waals surface area (Å²) in [5.74, 6) is 17.0. The number of aromatic nitrogens is 2. The maximum Gasteiger partial charge on any atom is 0.0907 e. The standard InChI is InChI=1S/C9H9N3.C9H4.HN3.2H2/c1-6-5-11-9-4-7(10)2-3-8(9)12-6;1-3-5-7-9-8-6-4-2;1-3-2;;/h2-5H,10H2,1H3;1H,2H3;1H;2*1H. The van der Waals surface area contributed by atoms with Crippen LogP contribution in [0.25, 0.3) is 21.5 Å². The second-order valence-corrected chi connectivity index (χ2v) is 3.88. The molecule has 2 rings (SSSR count). The van der Waals surface area contributed by atoms with E-state index in [-0.39, 0.29) is 2.85 Å².